The molecule has 2 amide bonds. The van der Waals surface area contributed by atoms with Crippen LogP contribution in [0.3, 0.4) is 0 Å². The number of benzene rings is 3. The Hall–Kier alpha value is -3.00. The van der Waals surface area contributed by atoms with E-state index < -0.39 is 23.4 Å². The molecule has 178 valence electrons. The van der Waals surface area contributed by atoms with Gasteiger partial charge in [0.25, 0.3) is 0 Å². The molecular weight excluding hydrogens is 506 g/mol. The first-order chi connectivity index (χ1) is 16.0. The lowest BCUT2D eigenvalue weighted by atomic mass is 10.1. The molecule has 3 aromatic carbocycles. The zero-order valence-corrected chi connectivity index (χ0v) is 20.4. The Morgan fingerprint density at radius 3 is 2.26 bits per heavy atom. The van der Waals surface area contributed by atoms with E-state index in [9.17, 15) is 19.1 Å². The first-order valence-corrected chi connectivity index (χ1v) is 11.1. The van der Waals surface area contributed by atoms with Gasteiger partial charge in [0.15, 0.2) is 5.60 Å². The van der Waals surface area contributed by atoms with Crippen LogP contribution in [0.2, 0.25) is 15.1 Å². The lowest BCUT2D eigenvalue weighted by Gasteiger charge is -2.25. The summed E-state index contributed by atoms with van der Waals surface area (Å²) < 4.78 is 20.0. The Kier molecular flexibility index (Phi) is 7.92. The highest BCUT2D eigenvalue weighted by Gasteiger charge is 2.29. The molecule has 3 aromatic rings. The van der Waals surface area contributed by atoms with E-state index in [-0.39, 0.29) is 27.9 Å². The number of amides is 2. The van der Waals surface area contributed by atoms with Crippen molar-refractivity contribution in [2.45, 2.75) is 26.0 Å². The van der Waals surface area contributed by atoms with Gasteiger partial charge in [-0.1, -0.05) is 40.9 Å². The van der Waals surface area contributed by atoms with Crippen LogP contribution in [-0.2, 0) is 11.3 Å². The molecule has 0 radical (unpaired) electrons. The van der Waals surface area contributed by atoms with Gasteiger partial charge in [-0.25, -0.2) is 14.0 Å². The van der Waals surface area contributed by atoms with Crippen molar-refractivity contribution in [3.63, 3.8) is 0 Å². The molecule has 0 saturated carbocycles. The summed E-state index contributed by atoms with van der Waals surface area (Å²) in [6.45, 7) is 2.65. The quantitative estimate of drug-likeness (QED) is 0.340. The molecule has 0 aliphatic carbocycles. The molecule has 0 aliphatic heterocycles. The number of carbonyl (C=O) groups is 2. The lowest BCUT2D eigenvalue weighted by molar-refractivity contribution is -0.152. The maximum Gasteiger partial charge on any atom is 0.347 e. The smallest absolute Gasteiger partial charge is 0.347 e. The SMILES string of the molecule is CC(C)(Oc1ccc(N(Cc2c(F)cccc2Cl)C(=O)Nc2ccc(Cl)c(Cl)c2)cc1)C(=O)O. The predicted molar refractivity (Wildman–Crippen MR) is 132 cm³/mol. The normalized spacial score (nSPS) is 11.1. The van der Waals surface area contributed by atoms with E-state index in [1.807, 2.05) is 0 Å². The lowest BCUT2D eigenvalue weighted by Crippen LogP contribution is -2.38. The Bertz CT molecular complexity index is 1200. The number of carboxylic acid groups (broad SMARTS) is 1. The highest BCUT2D eigenvalue weighted by Crippen LogP contribution is 2.29. The summed E-state index contributed by atoms with van der Waals surface area (Å²) >= 11 is 18.2. The largest absolute Gasteiger partial charge is 0.478 e. The fourth-order valence-corrected chi connectivity index (χ4v) is 3.44. The van der Waals surface area contributed by atoms with Crippen molar-refractivity contribution in [1.82, 2.24) is 0 Å². The fourth-order valence-electron chi connectivity index (χ4n) is 2.92. The van der Waals surface area contributed by atoms with Crippen LogP contribution < -0.4 is 15.0 Å². The molecule has 0 bridgehead atoms. The number of rotatable bonds is 7. The van der Waals surface area contributed by atoms with Gasteiger partial charge in [0.05, 0.1) is 16.6 Å². The van der Waals surface area contributed by atoms with Crippen LogP contribution >= 0.6 is 34.8 Å². The van der Waals surface area contributed by atoms with E-state index in [0.29, 0.717) is 16.4 Å². The van der Waals surface area contributed by atoms with Gasteiger partial charge in [-0.3, -0.25) is 4.90 Å². The number of ether oxygens (including phenoxy) is 1. The van der Waals surface area contributed by atoms with Crippen molar-refractivity contribution in [3.05, 3.63) is 87.1 Å². The number of halogens is 4. The first-order valence-electron chi connectivity index (χ1n) is 9.97. The van der Waals surface area contributed by atoms with Crippen molar-refractivity contribution in [1.29, 1.82) is 0 Å². The third kappa shape index (κ3) is 6.11. The molecule has 10 heteroatoms. The number of hydrogen-bond acceptors (Lipinski definition) is 3. The second-order valence-electron chi connectivity index (χ2n) is 7.76. The van der Waals surface area contributed by atoms with Crippen molar-refractivity contribution in [2.24, 2.45) is 0 Å². The Labute approximate surface area is 210 Å². The van der Waals surface area contributed by atoms with Gasteiger partial charge in [-0.15, -0.1) is 0 Å². The molecule has 0 fully saturated rings. The monoisotopic (exact) mass is 524 g/mol. The third-order valence-electron chi connectivity index (χ3n) is 4.83. The molecule has 34 heavy (non-hydrogen) atoms. The minimum atomic E-state index is -1.45. The number of carboxylic acids is 1. The van der Waals surface area contributed by atoms with Crippen LogP contribution in [0.1, 0.15) is 19.4 Å². The van der Waals surface area contributed by atoms with E-state index in [1.165, 1.54) is 61.2 Å². The highest BCUT2D eigenvalue weighted by molar-refractivity contribution is 6.42. The summed E-state index contributed by atoms with van der Waals surface area (Å²) in [5.74, 6) is -1.42. The van der Waals surface area contributed by atoms with Gasteiger partial charge in [-0.05, 0) is 68.4 Å². The summed E-state index contributed by atoms with van der Waals surface area (Å²) in [7, 11) is 0. The molecular formula is C24H20Cl3FN2O4. The zero-order valence-electron chi connectivity index (χ0n) is 18.1. The minimum Gasteiger partial charge on any atom is -0.478 e. The molecule has 0 aliphatic rings. The van der Waals surface area contributed by atoms with Gasteiger partial charge in [-0.2, -0.15) is 0 Å². The zero-order chi connectivity index (χ0) is 25.0. The van der Waals surface area contributed by atoms with Crippen LogP contribution in [0.15, 0.2) is 60.7 Å². The fraction of sp³-hybridized carbons (Fsp3) is 0.167. The van der Waals surface area contributed by atoms with Crippen LogP contribution in [-0.4, -0.2) is 22.7 Å². The van der Waals surface area contributed by atoms with Gasteiger partial charge in [0, 0.05) is 22.0 Å². The minimum absolute atomic E-state index is 0.126. The number of hydrogen-bond donors (Lipinski definition) is 2. The average molecular weight is 526 g/mol. The maximum atomic E-state index is 14.5. The summed E-state index contributed by atoms with van der Waals surface area (Å²) in [6, 6.07) is 14.4. The van der Waals surface area contributed by atoms with Gasteiger partial charge in [0.1, 0.15) is 11.6 Å². The summed E-state index contributed by atoms with van der Waals surface area (Å²) in [4.78, 5) is 25.8. The maximum absolute atomic E-state index is 14.5. The number of urea groups is 1. The third-order valence-corrected chi connectivity index (χ3v) is 5.92. The number of anilines is 2. The summed E-state index contributed by atoms with van der Waals surface area (Å²) in [5.41, 5.74) is -0.557. The van der Waals surface area contributed by atoms with Crippen molar-refractivity contribution >= 4 is 58.2 Å². The second kappa shape index (κ2) is 10.5. The van der Waals surface area contributed by atoms with Crippen molar-refractivity contribution in [2.75, 3.05) is 10.2 Å². The summed E-state index contributed by atoms with van der Waals surface area (Å²) in [5, 5.41) is 12.7. The Balaban J connectivity index is 1.93. The molecule has 0 atom stereocenters. The first kappa shape index (κ1) is 25.6. The van der Waals surface area contributed by atoms with E-state index in [0.717, 1.165) is 0 Å². The van der Waals surface area contributed by atoms with E-state index >= 15 is 0 Å². The predicted octanol–water partition coefficient (Wildman–Crippen LogP) is 7.27. The average Bonchev–Trinajstić information content (AvgIpc) is 2.76. The van der Waals surface area contributed by atoms with Gasteiger partial charge < -0.3 is 15.2 Å². The van der Waals surface area contributed by atoms with Crippen molar-refractivity contribution < 1.29 is 23.8 Å². The highest BCUT2D eigenvalue weighted by atomic mass is 35.5. The molecule has 0 saturated heterocycles. The number of aliphatic carboxylic acids is 1. The Morgan fingerprint density at radius 2 is 1.68 bits per heavy atom. The van der Waals surface area contributed by atoms with E-state index in [2.05, 4.69) is 5.32 Å². The number of nitrogens with zero attached hydrogens (tertiary/aromatic N) is 1. The molecule has 2 N–H and O–H groups in total. The molecule has 0 aromatic heterocycles. The van der Waals surface area contributed by atoms with Gasteiger partial charge in [0.2, 0.25) is 0 Å². The molecule has 0 heterocycles. The second-order valence-corrected chi connectivity index (χ2v) is 8.98. The van der Waals surface area contributed by atoms with Crippen molar-refractivity contribution in [3.8, 4) is 5.75 Å². The molecule has 3 rings (SSSR count). The van der Waals surface area contributed by atoms with Crippen LogP contribution in [0.25, 0.3) is 0 Å². The number of nitrogens with one attached hydrogen (secondary N) is 1. The topological polar surface area (TPSA) is 78.9 Å². The standard InChI is InChI=1S/C24H20Cl3FN2O4/c1-24(2,22(31)32)34-16-9-7-15(8-10-16)30(13-17-18(25)4-3-5-21(17)28)23(33)29-14-6-11-19(26)20(27)12-14/h3-12H,13H2,1-2H3,(H,29,33)(H,31,32). The molecule has 6 nitrogen and oxygen atoms in total. The van der Waals surface area contributed by atoms with Crippen LogP contribution in [0.4, 0.5) is 20.6 Å². The van der Waals surface area contributed by atoms with E-state index in [4.69, 9.17) is 39.5 Å². The van der Waals surface area contributed by atoms with Gasteiger partial charge >= 0.3 is 12.0 Å². The van der Waals surface area contributed by atoms with Crippen LogP contribution in [0.5, 0.6) is 5.75 Å². The summed E-state index contributed by atoms with van der Waals surface area (Å²) in [6.07, 6.45) is 0. The molecule has 0 unspecified atom stereocenters. The number of carbonyl (C=O) groups excluding carboxylic acids is 1. The Morgan fingerprint density at radius 1 is 1.00 bits per heavy atom. The van der Waals surface area contributed by atoms with Crippen LogP contribution in [0, 0.1) is 5.82 Å². The molecule has 0 spiro atoms. The van der Waals surface area contributed by atoms with E-state index in [1.54, 1.807) is 18.2 Å².